The van der Waals surface area contributed by atoms with E-state index in [4.69, 9.17) is 5.11 Å². The summed E-state index contributed by atoms with van der Waals surface area (Å²) in [7, 11) is 0. The van der Waals surface area contributed by atoms with Crippen molar-refractivity contribution in [1.82, 2.24) is 0 Å². The number of aliphatic hydroxyl groups excluding tert-OH is 1. The van der Waals surface area contributed by atoms with Gasteiger partial charge in [0.05, 0.1) is 0 Å². The van der Waals surface area contributed by atoms with E-state index in [1.165, 1.54) is 32.1 Å². The Morgan fingerprint density at radius 2 is 1.00 bits per heavy atom. The Hall–Kier alpha value is -0.0400. The normalized spacial score (nSPS) is 7.85. The van der Waals surface area contributed by atoms with Gasteiger partial charge in [-0.1, -0.05) is 66.7 Å². The molecule has 0 fully saturated rings. The first-order valence-corrected chi connectivity index (χ1v) is 5.94. The zero-order chi connectivity index (χ0) is 10.9. The van der Waals surface area contributed by atoms with Gasteiger partial charge in [0.1, 0.15) is 0 Å². The minimum atomic E-state index is 0.319. The molecule has 0 aromatic rings. The molecule has 0 saturated carbocycles. The second kappa shape index (κ2) is 29.7. The van der Waals surface area contributed by atoms with Crippen molar-refractivity contribution < 1.29 is 5.11 Å². The zero-order valence-electron chi connectivity index (χ0n) is 10.4. The molecule has 0 radical (unpaired) electrons. The van der Waals surface area contributed by atoms with Gasteiger partial charge < -0.3 is 5.11 Å². The van der Waals surface area contributed by atoms with E-state index < -0.39 is 0 Å². The molecule has 0 spiro atoms. The van der Waals surface area contributed by atoms with Crippen molar-refractivity contribution in [2.24, 2.45) is 0 Å². The summed E-state index contributed by atoms with van der Waals surface area (Å²) >= 11 is 0. The third-order valence-corrected chi connectivity index (χ3v) is 1.43. The molecule has 0 heterocycles. The number of hydrogen-bond donors (Lipinski definition) is 1. The van der Waals surface area contributed by atoms with Gasteiger partial charge in [-0.05, 0) is 6.42 Å². The van der Waals surface area contributed by atoms with Gasteiger partial charge in [0.15, 0.2) is 0 Å². The number of rotatable bonds is 5. The Kier molecular flexibility index (Phi) is 42.6. The fraction of sp³-hybridized carbons (Fsp3) is 1.00. The summed E-state index contributed by atoms with van der Waals surface area (Å²) in [5.74, 6) is 0. The molecule has 0 amide bonds. The minimum absolute atomic E-state index is 0.319. The monoisotopic (exact) mass is 190 g/mol. The summed E-state index contributed by atoms with van der Waals surface area (Å²) < 4.78 is 0. The lowest BCUT2D eigenvalue weighted by Crippen LogP contribution is -1.70. The van der Waals surface area contributed by atoms with Crippen LogP contribution in [0.3, 0.4) is 0 Å². The Bertz CT molecular complexity index is 38.4. The lowest BCUT2D eigenvalue weighted by atomic mass is 10.2. The second-order valence-corrected chi connectivity index (χ2v) is 2.78. The maximum Gasteiger partial charge on any atom is 0.0428 e. The molecular weight excluding hydrogens is 160 g/mol. The van der Waals surface area contributed by atoms with Crippen molar-refractivity contribution in [3.63, 3.8) is 0 Å². The first-order chi connectivity index (χ1) is 6.33. The van der Waals surface area contributed by atoms with Crippen LogP contribution >= 0.6 is 0 Å². The molecule has 0 aromatic heterocycles. The Morgan fingerprint density at radius 3 is 1.15 bits per heavy atom. The summed E-state index contributed by atoms with van der Waals surface area (Å²) in [6.45, 7) is 10.7. The van der Waals surface area contributed by atoms with Crippen LogP contribution in [0.5, 0.6) is 0 Å². The molecule has 0 aliphatic rings. The van der Waals surface area contributed by atoms with Crippen molar-refractivity contribution in [3.8, 4) is 0 Å². The lowest BCUT2D eigenvalue weighted by molar-refractivity contribution is 0.295. The SMILES string of the molecule is CC.CCCCCCC.CCCO. The highest BCUT2D eigenvalue weighted by Crippen LogP contribution is 2.00. The molecule has 0 aliphatic carbocycles. The number of hydrogen-bond acceptors (Lipinski definition) is 1. The Balaban J connectivity index is -0.000000142. The fourth-order valence-corrected chi connectivity index (χ4v) is 0.677. The molecule has 0 aromatic carbocycles. The van der Waals surface area contributed by atoms with E-state index >= 15 is 0 Å². The smallest absolute Gasteiger partial charge is 0.0428 e. The van der Waals surface area contributed by atoms with Gasteiger partial charge in [0, 0.05) is 6.61 Å². The zero-order valence-corrected chi connectivity index (χ0v) is 10.4. The van der Waals surface area contributed by atoms with Crippen molar-refractivity contribution in [2.45, 2.75) is 73.1 Å². The van der Waals surface area contributed by atoms with Gasteiger partial charge in [-0.3, -0.25) is 0 Å². The highest BCUT2D eigenvalue weighted by molar-refractivity contribution is 4.35. The molecule has 0 saturated heterocycles. The molecule has 0 bridgehead atoms. The van der Waals surface area contributed by atoms with Gasteiger partial charge in [-0.25, -0.2) is 0 Å². The molecule has 1 nitrogen and oxygen atoms in total. The number of unbranched alkanes of at least 4 members (excludes halogenated alkanes) is 4. The van der Waals surface area contributed by atoms with E-state index in [9.17, 15) is 0 Å². The third-order valence-electron chi connectivity index (χ3n) is 1.43. The highest BCUT2D eigenvalue weighted by Gasteiger charge is 1.80. The molecule has 84 valence electrons. The van der Waals surface area contributed by atoms with Gasteiger partial charge >= 0.3 is 0 Å². The first kappa shape index (κ1) is 18.7. The van der Waals surface area contributed by atoms with Gasteiger partial charge in [0.25, 0.3) is 0 Å². The summed E-state index contributed by atoms with van der Waals surface area (Å²) in [5.41, 5.74) is 0. The topological polar surface area (TPSA) is 20.2 Å². The predicted octanol–water partition coefficient (Wildman–Crippen LogP) is 4.39. The van der Waals surface area contributed by atoms with E-state index in [0.29, 0.717) is 6.61 Å². The van der Waals surface area contributed by atoms with Gasteiger partial charge in [0.2, 0.25) is 0 Å². The average molecular weight is 190 g/mol. The van der Waals surface area contributed by atoms with Gasteiger partial charge in [-0.2, -0.15) is 0 Å². The van der Waals surface area contributed by atoms with Crippen molar-refractivity contribution in [3.05, 3.63) is 0 Å². The molecule has 13 heavy (non-hydrogen) atoms. The minimum Gasteiger partial charge on any atom is -0.396 e. The average Bonchev–Trinajstić information content (AvgIpc) is 2.22. The van der Waals surface area contributed by atoms with Crippen molar-refractivity contribution in [2.75, 3.05) is 6.61 Å². The fourth-order valence-electron chi connectivity index (χ4n) is 0.677. The third kappa shape index (κ3) is 48.2. The van der Waals surface area contributed by atoms with Crippen LogP contribution in [-0.4, -0.2) is 11.7 Å². The maximum absolute atomic E-state index is 7.88. The van der Waals surface area contributed by atoms with Crippen LogP contribution in [0.4, 0.5) is 0 Å². The van der Waals surface area contributed by atoms with Gasteiger partial charge in [-0.15, -0.1) is 0 Å². The molecule has 1 heteroatoms. The molecular formula is C12H30O. The summed E-state index contributed by atoms with van der Waals surface area (Å²) in [5, 5.41) is 7.88. The molecule has 0 aliphatic heterocycles. The van der Waals surface area contributed by atoms with E-state index in [-0.39, 0.29) is 0 Å². The lowest BCUT2D eigenvalue weighted by Gasteiger charge is -1.90. The largest absolute Gasteiger partial charge is 0.396 e. The Labute approximate surface area is 85.6 Å². The van der Waals surface area contributed by atoms with E-state index in [1.807, 2.05) is 20.8 Å². The maximum atomic E-state index is 7.88. The standard InChI is InChI=1S/C7H16.C3H8O.C2H6/c1-3-5-7-6-4-2;1-2-3-4;1-2/h3-7H2,1-2H3;4H,2-3H2,1H3;1-2H3. The summed E-state index contributed by atoms with van der Waals surface area (Å²) in [6.07, 6.45) is 7.88. The number of aliphatic hydroxyl groups is 1. The van der Waals surface area contributed by atoms with Crippen molar-refractivity contribution in [1.29, 1.82) is 0 Å². The van der Waals surface area contributed by atoms with Crippen LogP contribution in [0.25, 0.3) is 0 Å². The van der Waals surface area contributed by atoms with Crippen LogP contribution in [0, 0.1) is 0 Å². The second-order valence-electron chi connectivity index (χ2n) is 2.78. The first-order valence-electron chi connectivity index (χ1n) is 5.94. The quantitative estimate of drug-likeness (QED) is 0.637. The van der Waals surface area contributed by atoms with Crippen LogP contribution in [0.2, 0.25) is 0 Å². The van der Waals surface area contributed by atoms with Crippen LogP contribution in [-0.2, 0) is 0 Å². The molecule has 1 N–H and O–H groups in total. The van der Waals surface area contributed by atoms with E-state index in [2.05, 4.69) is 13.8 Å². The predicted molar refractivity (Wildman–Crippen MR) is 63.2 cm³/mol. The molecule has 0 atom stereocenters. The molecule has 0 rings (SSSR count). The summed E-state index contributed by atoms with van der Waals surface area (Å²) in [6, 6.07) is 0. The van der Waals surface area contributed by atoms with E-state index in [1.54, 1.807) is 0 Å². The van der Waals surface area contributed by atoms with Crippen LogP contribution in [0.1, 0.15) is 73.1 Å². The van der Waals surface area contributed by atoms with Crippen molar-refractivity contribution >= 4 is 0 Å². The van der Waals surface area contributed by atoms with Crippen LogP contribution in [0.15, 0.2) is 0 Å². The molecule has 0 unspecified atom stereocenters. The summed E-state index contributed by atoms with van der Waals surface area (Å²) in [4.78, 5) is 0. The van der Waals surface area contributed by atoms with E-state index in [0.717, 1.165) is 6.42 Å². The highest BCUT2D eigenvalue weighted by atomic mass is 16.2. The Morgan fingerprint density at radius 1 is 0.692 bits per heavy atom. The van der Waals surface area contributed by atoms with Crippen LogP contribution < -0.4 is 0 Å².